The monoisotopic (exact) mass is 565 g/mol. The molecule has 214 valence electrons. The third kappa shape index (κ3) is 4.81. The van der Waals surface area contributed by atoms with Crippen molar-refractivity contribution in [3.63, 3.8) is 0 Å². The Balaban J connectivity index is 1.07. The number of pyridine rings is 1. The lowest BCUT2D eigenvalue weighted by Gasteiger charge is -2.60. The van der Waals surface area contributed by atoms with Crippen LogP contribution in [-0.4, -0.2) is 76.5 Å². The van der Waals surface area contributed by atoms with Crippen LogP contribution in [0.1, 0.15) is 32.1 Å². The molecule has 3 N–H and O–H groups in total. The number of fused-ring (bicyclic) bond motifs is 1. The van der Waals surface area contributed by atoms with E-state index < -0.39 is 10.0 Å². The van der Waals surface area contributed by atoms with Crippen molar-refractivity contribution < 1.29 is 13.2 Å². The largest absolute Gasteiger partial charge is 0.368 e. The number of benzene rings is 1. The Morgan fingerprint density at radius 3 is 2.38 bits per heavy atom. The zero-order chi connectivity index (χ0) is 27.5. The van der Waals surface area contributed by atoms with E-state index in [0.717, 1.165) is 81.2 Å². The first-order valence-electron chi connectivity index (χ1n) is 14.6. The summed E-state index contributed by atoms with van der Waals surface area (Å²) in [6.45, 7) is 5.16. The standard InChI is InChI=1S/C29H39N7O3S/c1-40(38,39)33-29-16-20-14-21(17-29)27(22(15-20)18-29)32-28(37)36-13-12-35(24-4-2-3-5-25(24)36)26-7-6-23(19-31-26)34-10-8-30-9-11-34/h2-7,19-22,27,30,33H,8-18H2,1H3,(H,32,37). The van der Waals surface area contributed by atoms with E-state index in [0.29, 0.717) is 30.8 Å². The van der Waals surface area contributed by atoms with Gasteiger partial charge in [0.15, 0.2) is 0 Å². The smallest absolute Gasteiger partial charge is 0.322 e. The van der Waals surface area contributed by atoms with Crippen LogP contribution in [0.3, 0.4) is 0 Å². The summed E-state index contributed by atoms with van der Waals surface area (Å²) in [6.07, 6.45) is 7.88. The van der Waals surface area contributed by atoms with Gasteiger partial charge in [0.25, 0.3) is 0 Å². The van der Waals surface area contributed by atoms with Crippen LogP contribution in [0.4, 0.5) is 27.7 Å². The molecule has 4 aliphatic carbocycles. The molecule has 10 nitrogen and oxygen atoms in total. The molecule has 3 heterocycles. The van der Waals surface area contributed by atoms with Crippen molar-refractivity contribution in [2.45, 2.75) is 43.7 Å². The number of nitrogens with one attached hydrogen (secondary N) is 3. The lowest BCUT2D eigenvalue weighted by molar-refractivity contribution is -0.0329. The molecule has 4 bridgehead atoms. The molecule has 11 heteroatoms. The van der Waals surface area contributed by atoms with E-state index in [1.165, 1.54) is 6.26 Å². The van der Waals surface area contributed by atoms with E-state index in [1.807, 2.05) is 29.3 Å². The molecule has 6 aliphatic rings. The first-order valence-corrected chi connectivity index (χ1v) is 16.5. The Bertz CT molecular complexity index is 1360. The van der Waals surface area contributed by atoms with Gasteiger partial charge in [0.05, 0.1) is 29.5 Å². The molecule has 2 aromatic rings. The van der Waals surface area contributed by atoms with Gasteiger partial charge >= 0.3 is 6.03 Å². The molecule has 2 atom stereocenters. The number of urea groups is 1. The number of nitrogens with zero attached hydrogens (tertiary/aromatic N) is 4. The van der Waals surface area contributed by atoms with Gasteiger partial charge in [-0.25, -0.2) is 22.9 Å². The van der Waals surface area contributed by atoms with Gasteiger partial charge in [-0.15, -0.1) is 0 Å². The molecule has 2 amide bonds. The van der Waals surface area contributed by atoms with E-state index in [4.69, 9.17) is 4.98 Å². The third-order valence-corrected chi connectivity index (χ3v) is 10.5. The van der Waals surface area contributed by atoms with Crippen LogP contribution in [0.15, 0.2) is 42.6 Å². The molecule has 40 heavy (non-hydrogen) atoms. The number of aromatic nitrogens is 1. The summed E-state index contributed by atoms with van der Waals surface area (Å²) >= 11 is 0. The van der Waals surface area contributed by atoms with Crippen molar-refractivity contribution >= 4 is 38.9 Å². The summed E-state index contributed by atoms with van der Waals surface area (Å²) in [7, 11) is -3.27. The van der Waals surface area contributed by atoms with Gasteiger partial charge in [0.1, 0.15) is 5.82 Å². The Hall–Kier alpha value is -2.89. The van der Waals surface area contributed by atoms with E-state index in [-0.39, 0.29) is 17.6 Å². The molecule has 4 saturated carbocycles. The normalized spacial score (nSPS) is 31.3. The molecule has 1 aromatic heterocycles. The topological polar surface area (TPSA) is 110 Å². The van der Waals surface area contributed by atoms with E-state index >= 15 is 0 Å². The van der Waals surface area contributed by atoms with Crippen molar-refractivity contribution in [2.75, 3.05) is 60.2 Å². The molecule has 0 spiro atoms. The minimum atomic E-state index is -3.27. The van der Waals surface area contributed by atoms with Crippen molar-refractivity contribution in [3.05, 3.63) is 42.6 Å². The van der Waals surface area contributed by atoms with Crippen molar-refractivity contribution in [1.29, 1.82) is 0 Å². The number of rotatable bonds is 5. The molecule has 8 rings (SSSR count). The Morgan fingerprint density at radius 1 is 0.975 bits per heavy atom. The van der Waals surface area contributed by atoms with Gasteiger partial charge in [0.2, 0.25) is 10.0 Å². The fraction of sp³-hybridized carbons (Fsp3) is 0.586. The van der Waals surface area contributed by atoms with E-state index in [1.54, 1.807) is 0 Å². The SMILES string of the molecule is CS(=O)(=O)NC12CC3CC(C1)C(NC(=O)N1CCN(c4ccc(N5CCNCC5)cn4)c4ccccc41)C(C3)C2. The second-order valence-corrected chi connectivity index (χ2v) is 14.3. The highest BCUT2D eigenvalue weighted by Crippen LogP contribution is 2.56. The summed E-state index contributed by atoms with van der Waals surface area (Å²) in [6, 6.07) is 12.3. The second-order valence-electron chi connectivity index (χ2n) is 12.5. The van der Waals surface area contributed by atoms with Gasteiger partial charge in [-0.2, -0.15) is 0 Å². The number of amides is 2. The number of anilines is 4. The maximum absolute atomic E-state index is 13.8. The zero-order valence-corrected chi connectivity index (χ0v) is 23.9. The van der Waals surface area contributed by atoms with Crippen LogP contribution in [0.25, 0.3) is 0 Å². The molecule has 5 fully saturated rings. The number of carbonyl (C=O) groups excluding carboxylic acids is 1. The lowest BCUT2D eigenvalue weighted by atomic mass is 9.51. The van der Waals surface area contributed by atoms with Gasteiger partial charge in [-0.1, -0.05) is 12.1 Å². The highest BCUT2D eigenvalue weighted by atomic mass is 32.2. The van der Waals surface area contributed by atoms with Crippen molar-refractivity contribution in [3.8, 4) is 0 Å². The Labute approximate surface area is 236 Å². The van der Waals surface area contributed by atoms with E-state index in [9.17, 15) is 13.2 Å². The third-order valence-electron chi connectivity index (χ3n) is 9.71. The average molecular weight is 566 g/mol. The molecule has 2 unspecified atom stereocenters. The summed E-state index contributed by atoms with van der Waals surface area (Å²) in [5, 5.41) is 6.81. The maximum Gasteiger partial charge on any atom is 0.322 e. The number of sulfonamides is 1. The van der Waals surface area contributed by atoms with Crippen LogP contribution in [0, 0.1) is 17.8 Å². The predicted molar refractivity (Wildman–Crippen MR) is 157 cm³/mol. The van der Waals surface area contributed by atoms with Crippen LogP contribution in [0.5, 0.6) is 0 Å². The van der Waals surface area contributed by atoms with Gasteiger partial charge in [0, 0.05) is 50.8 Å². The molecular formula is C29H39N7O3S. The summed E-state index contributed by atoms with van der Waals surface area (Å²) in [5.41, 5.74) is 2.67. The highest BCUT2D eigenvalue weighted by Gasteiger charge is 2.56. The average Bonchev–Trinajstić information content (AvgIpc) is 2.93. The predicted octanol–water partition coefficient (Wildman–Crippen LogP) is 2.66. The first-order chi connectivity index (χ1) is 19.3. The minimum absolute atomic E-state index is 0.0586. The summed E-state index contributed by atoms with van der Waals surface area (Å²) in [5.74, 6) is 2.03. The van der Waals surface area contributed by atoms with Crippen molar-refractivity contribution in [1.82, 2.24) is 20.3 Å². The fourth-order valence-electron chi connectivity index (χ4n) is 8.46. The fourth-order valence-corrected chi connectivity index (χ4v) is 9.49. The van der Waals surface area contributed by atoms with Gasteiger partial charge in [-0.05, 0) is 74.1 Å². The van der Waals surface area contributed by atoms with Crippen LogP contribution in [-0.2, 0) is 10.0 Å². The quantitative estimate of drug-likeness (QED) is 0.511. The summed E-state index contributed by atoms with van der Waals surface area (Å²) in [4.78, 5) is 25.0. The molecule has 1 saturated heterocycles. The van der Waals surface area contributed by atoms with Crippen LogP contribution < -0.4 is 30.1 Å². The maximum atomic E-state index is 13.8. The van der Waals surface area contributed by atoms with E-state index in [2.05, 4.69) is 43.4 Å². The minimum Gasteiger partial charge on any atom is -0.368 e. The lowest BCUT2D eigenvalue weighted by Crippen LogP contribution is -2.67. The van der Waals surface area contributed by atoms with Gasteiger partial charge < -0.3 is 20.4 Å². The molecule has 1 aromatic carbocycles. The number of piperazine rings is 1. The zero-order valence-electron chi connectivity index (χ0n) is 23.1. The van der Waals surface area contributed by atoms with Crippen LogP contribution >= 0.6 is 0 Å². The van der Waals surface area contributed by atoms with Gasteiger partial charge in [-0.3, -0.25) is 4.90 Å². The Morgan fingerprint density at radius 2 is 1.70 bits per heavy atom. The molecular weight excluding hydrogens is 526 g/mol. The Kier molecular flexibility index (Phi) is 6.43. The highest BCUT2D eigenvalue weighted by molar-refractivity contribution is 7.88. The number of hydrogen-bond donors (Lipinski definition) is 3. The number of para-hydroxylation sites is 2. The molecule has 2 aliphatic heterocycles. The van der Waals surface area contributed by atoms with Crippen LogP contribution in [0.2, 0.25) is 0 Å². The summed E-state index contributed by atoms with van der Waals surface area (Å²) < 4.78 is 27.2. The number of hydrogen-bond acceptors (Lipinski definition) is 7. The first kappa shape index (κ1) is 26.0. The van der Waals surface area contributed by atoms with Crippen molar-refractivity contribution in [2.24, 2.45) is 17.8 Å². The second kappa shape index (κ2) is 9.88. The molecule has 0 radical (unpaired) electrons. The number of carbonyl (C=O) groups is 1.